The molecule has 4 rings (SSSR count). The molecule has 2 aromatic carbocycles. The fraction of sp³-hybridized carbons (Fsp3) is 0.227. The molecule has 0 atom stereocenters. The molecule has 1 saturated heterocycles. The van der Waals surface area contributed by atoms with Gasteiger partial charge in [-0.05, 0) is 25.0 Å². The van der Waals surface area contributed by atoms with Gasteiger partial charge in [-0.25, -0.2) is 17.9 Å². The summed E-state index contributed by atoms with van der Waals surface area (Å²) in [5.74, 6) is -5.13. The van der Waals surface area contributed by atoms with E-state index in [0.29, 0.717) is 28.4 Å². The number of hydrogen-bond acceptors (Lipinski definition) is 3. The van der Waals surface area contributed by atoms with Crippen LogP contribution >= 0.6 is 11.6 Å². The Balaban J connectivity index is 1.43. The smallest absolute Gasteiger partial charge is 0.257 e. The molecule has 0 spiro atoms. The van der Waals surface area contributed by atoms with Crippen molar-refractivity contribution >= 4 is 23.3 Å². The second kappa shape index (κ2) is 8.55. The lowest BCUT2D eigenvalue weighted by atomic mass is 9.88. The van der Waals surface area contributed by atoms with Crippen LogP contribution in [0.15, 0.2) is 48.8 Å². The van der Waals surface area contributed by atoms with E-state index in [-0.39, 0.29) is 31.8 Å². The molecule has 9 heteroatoms. The third-order valence-electron chi connectivity index (χ3n) is 5.34. The quantitative estimate of drug-likeness (QED) is 0.546. The van der Waals surface area contributed by atoms with Crippen LogP contribution in [0.5, 0.6) is 0 Å². The van der Waals surface area contributed by atoms with Gasteiger partial charge in [0, 0.05) is 37.3 Å². The monoisotopic (exact) mass is 447 g/mol. The van der Waals surface area contributed by atoms with Gasteiger partial charge >= 0.3 is 0 Å². The van der Waals surface area contributed by atoms with E-state index in [4.69, 9.17) is 11.6 Å². The van der Waals surface area contributed by atoms with Crippen molar-refractivity contribution in [2.45, 2.75) is 12.8 Å². The number of hydrogen-bond donors (Lipinski definition) is 0. The summed E-state index contributed by atoms with van der Waals surface area (Å²) < 4.78 is 42.5. The molecule has 1 amide bonds. The number of piperidine rings is 1. The summed E-state index contributed by atoms with van der Waals surface area (Å²) in [5, 5.41) is 4.68. The Morgan fingerprint density at radius 1 is 1.03 bits per heavy atom. The number of nitrogens with zero attached hydrogens (tertiary/aromatic N) is 3. The van der Waals surface area contributed by atoms with E-state index in [9.17, 15) is 22.8 Å². The van der Waals surface area contributed by atoms with Crippen LogP contribution in [0.1, 0.15) is 33.6 Å². The van der Waals surface area contributed by atoms with Crippen molar-refractivity contribution in [1.29, 1.82) is 0 Å². The first-order chi connectivity index (χ1) is 14.8. The zero-order chi connectivity index (χ0) is 22.1. The summed E-state index contributed by atoms with van der Waals surface area (Å²) in [4.78, 5) is 26.9. The Morgan fingerprint density at radius 2 is 1.68 bits per heavy atom. The number of amides is 1. The average molecular weight is 448 g/mol. The maximum atomic E-state index is 13.9. The second-order valence-corrected chi connectivity index (χ2v) is 7.71. The molecule has 1 aliphatic heterocycles. The van der Waals surface area contributed by atoms with Crippen molar-refractivity contribution in [3.05, 3.63) is 82.4 Å². The SMILES string of the molecule is O=C(c1c(F)cc(F)cc1F)C1CCN(C(=O)c2cnn(-c3ccccc3Cl)c2)CC1. The molecule has 0 radical (unpaired) electrons. The van der Waals surface area contributed by atoms with Crippen molar-refractivity contribution in [3.8, 4) is 5.69 Å². The molecule has 5 nitrogen and oxygen atoms in total. The topological polar surface area (TPSA) is 55.2 Å². The third kappa shape index (κ3) is 4.20. The van der Waals surface area contributed by atoms with Gasteiger partial charge < -0.3 is 4.90 Å². The summed E-state index contributed by atoms with van der Waals surface area (Å²) in [6.45, 7) is 0.494. The van der Waals surface area contributed by atoms with Gasteiger partial charge in [0.1, 0.15) is 17.5 Å². The van der Waals surface area contributed by atoms with Crippen LogP contribution in [0, 0.1) is 23.4 Å². The van der Waals surface area contributed by atoms with Gasteiger partial charge in [-0.3, -0.25) is 9.59 Å². The molecule has 0 N–H and O–H groups in total. The number of carbonyl (C=O) groups excluding carboxylic acids is 2. The highest BCUT2D eigenvalue weighted by Crippen LogP contribution is 2.26. The highest BCUT2D eigenvalue weighted by atomic mass is 35.5. The fourth-order valence-corrected chi connectivity index (χ4v) is 3.93. The average Bonchev–Trinajstić information content (AvgIpc) is 3.23. The van der Waals surface area contributed by atoms with E-state index in [1.807, 2.05) is 0 Å². The van der Waals surface area contributed by atoms with Crippen LogP contribution in [-0.4, -0.2) is 39.5 Å². The lowest BCUT2D eigenvalue weighted by Gasteiger charge is -2.31. The van der Waals surface area contributed by atoms with Gasteiger partial charge in [0.05, 0.1) is 28.0 Å². The normalized spacial score (nSPS) is 14.6. The molecule has 2 heterocycles. The summed E-state index contributed by atoms with van der Waals surface area (Å²) in [7, 11) is 0. The minimum absolute atomic E-state index is 0.247. The standard InChI is InChI=1S/C22H17ClF3N3O2/c23-16-3-1-2-4-19(16)29-12-14(11-27-29)22(31)28-7-5-13(6-8-28)21(30)20-17(25)9-15(24)10-18(20)26/h1-4,9-13H,5-8H2. The Hall–Kier alpha value is -3.13. The lowest BCUT2D eigenvalue weighted by molar-refractivity contribution is 0.0647. The van der Waals surface area contributed by atoms with Crippen LogP contribution in [0.2, 0.25) is 5.02 Å². The molecule has 31 heavy (non-hydrogen) atoms. The number of halogens is 4. The zero-order valence-corrected chi connectivity index (χ0v) is 17.0. The maximum Gasteiger partial charge on any atom is 0.257 e. The second-order valence-electron chi connectivity index (χ2n) is 7.30. The molecule has 0 bridgehead atoms. The first-order valence-electron chi connectivity index (χ1n) is 9.62. The highest BCUT2D eigenvalue weighted by molar-refractivity contribution is 6.32. The van der Waals surface area contributed by atoms with Crippen molar-refractivity contribution in [1.82, 2.24) is 14.7 Å². The number of ketones is 1. The predicted octanol–water partition coefficient (Wildman–Crippen LogP) is 4.68. The number of Topliss-reactive ketones (excluding diaryl/α,β-unsaturated/α-hetero) is 1. The summed E-state index contributed by atoms with van der Waals surface area (Å²) >= 11 is 6.16. The van der Waals surface area contributed by atoms with Gasteiger partial charge in [-0.15, -0.1) is 0 Å². The van der Waals surface area contributed by atoms with Gasteiger partial charge in [-0.2, -0.15) is 5.10 Å². The Morgan fingerprint density at radius 3 is 2.32 bits per heavy atom. The molecular weight excluding hydrogens is 431 g/mol. The molecule has 0 saturated carbocycles. The highest BCUT2D eigenvalue weighted by Gasteiger charge is 2.32. The molecule has 3 aromatic rings. The first-order valence-corrected chi connectivity index (χ1v) is 10.0. The van der Waals surface area contributed by atoms with Crippen LogP contribution < -0.4 is 0 Å². The van der Waals surface area contributed by atoms with Crippen molar-refractivity contribution in [3.63, 3.8) is 0 Å². The molecular formula is C22H17ClF3N3O2. The molecule has 0 aliphatic carbocycles. The number of rotatable bonds is 4. The van der Waals surface area contributed by atoms with E-state index >= 15 is 0 Å². The fourth-order valence-electron chi connectivity index (χ4n) is 3.71. The Kier molecular flexibility index (Phi) is 5.82. The van der Waals surface area contributed by atoms with Crippen LogP contribution in [0.3, 0.4) is 0 Å². The van der Waals surface area contributed by atoms with Crippen LogP contribution in [0.25, 0.3) is 5.69 Å². The van der Waals surface area contributed by atoms with Crippen molar-refractivity contribution in [2.24, 2.45) is 5.92 Å². The van der Waals surface area contributed by atoms with Gasteiger partial charge in [0.15, 0.2) is 5.78 Å². The number of para-hydroxylation sites is 1. The number of likely N-dealkylation sites (tertiary alicyclic amines) is 1. The maximum absolute atomic E-state index is 13.9. The zero-order valence-electron chi connectivity index (χ0n) is 16.2. The van der Waals surface area contributed by atoms with Crippen LogP contribution in [0.4, 0.5) is 13.2 Å². The number of benzene rings is 2. The molecule has 1 aromatic heterocycles. The van der Waals surface area contributed by atoms with Crippen molar-refractivity contribution < 1.29 is 22.8 Å². The molecule has 1 aliphatic rings. The van der Waals surface area contributed by atoms with Crippen molar-refractivity contribution in [2.75, 3.05) is 13.1 Å². The van der Waals surface area contributed by atoms with Gasteiger partial charge in [0.25, 0.3) is 5.91 Å². The summed E-state index contributed by atoms with van der Waals surface area (Å²) in [6, 6.07) is 8.07. The van der Waals surface area contributed by atoms with Gasteiger partial charge in [0.2, 0.25) is 0 Å². The first kappa shape index (κ1) is 21.1. The minimum Gasteiger partial charge on any atom is -0.339 e. The predicted molar refractivity (Wildman–Crippen MR) is 108 cm³/mol. The Bertz CT molecular complexity index is 1130. The summed E-state index contributed by atoms with van der Waals surface area (Å²) in [5.41, 5.74) is 0.267. The third-order valence-corrected chi connectivity index (χ3v) is 5.65. The van der Waals surface area contributed by atoms with E-state index in [1.54, 1.807) is 35.4 Å². The Labute approximate surface area is 181 Å². The van der Waals surface area contributed by atoms with Gasteiger partial charge in [-0.1, -0.05) is 23.7 Å². The van der Waals surface area contributed by atoms with E-state index in [0.717, 1.165) is 0 Å². The molecule has 0 unspecified atom stereocenters. The van der Waals surface area contributed by atoms with E-state index in [1.165, 1.54) is 10.9 Å². The number of carbonyl (C=O) groups is 2. The van der Waals surface area contributed by atoms with Crippen LogP contribution in [-0.2, 0) is 0 Å². The lowest BCUT2D eigenvalue weighted by Crippen LogP contribution is -2.40. The minimum atomic E-state index is -1.21. The molecule has 1 fully saturated rings. The largest absolute Gasteiger partial charge is 0.339 e. The van der Waals surface area contributed by atoms with E-state index < -0.39 is 34.7 Å². The number of aromatic nitrogens is 2. The molecule has 160 valence electrons. The summed E-state index contributed by atoms with van der Waals surface area (Å²) in [6.07, 6.45) is 3.51. The van der Waals surface area contributed by atoms with E-state index in [2.05, 4.69) is 5.10 Å².